The van der Waals surface area contributed by atoms with Crippen LogP contribution in [0.2, 0.25) is 0 Å². The molecular formula is C14H17NO4. The van der Waals surface area contributed by atoms with Gasteiger partial charge in [-0.2, -0.15) is 0 Å². The lowest BCUT2D eigenvalue weighted by Gasteiger charge is -2.09. The molecule has 0 aliphatic rings. The summed E-state index contributed by atoms with van der Waals surface area (Å²) < 4.78 is 4.98. The Morgan fingerprint density at radius 1 is 1.42 bits per heavy atom. The topological polar surface area (TPSA) is 75.6 Å². The average molecular weight is 263 g/mol. The van der Waals surface area contributed by atoms with E-state index in [2.05, 4.69) is 5.32 Å². The summed E-state index contributed by atoms with van der Waals surface area (Å²) >= 11 is 0. The van der Waals surface area contributed by atoms with Crippen molar-refractivity contribution in [3.05, 3.63) is 35.9 Å². The van der Waals surface area contributed by atoms with Gasteiger partial charge in [0, 0.05) is 11.8 Å². The molecule has 0 aliphatic heterocycles. The molecule has 19 heavy (non-hydrogen) atoms. The first-order chi connectivity index (χ1) is 8.97. The van der Waals surface area contributed by atoms with Crippen molar-refractivity contribution in [2.75, 3.05) is 11.9 Å². The molecule has 1 amide bonds. The highest BCUT2D eigenvalue weighted by Gasteiger charge is 2.04. The van der Waals surface area contributed by atoms with Gasteiger partial charge in [0.05, 0.1) is 6.61 Å². The van der Waals surface area contributed by atoms with Crippen molar-refractivity contribution in [2.45, 2.75) is 13.8 Å². The summed E-state index contributed by atoms with van der Waals surface area (Å²) in [6.45, 7) is 4.25. The molecule has 0 spiro atoms. The van der Waals surface area contributed by atoms with Gasteiger partial charge in [-0.1, -0.05) is 26.0 Å². The van der Waals surface area contributed by atoms with Crippen LogP contribution in [0, 0.1) is 5.92 Å². The fourth-order valence-corrected chi connectivity index (χ4v) is 1.28. The number of hydrogen-bond donors (Lipinski definition) is 2. The summed E-state index contributed by atoms with van der Waals surface area (Å²) in [5.74, 6) is -0.745. The Morgan fingerprint density at radius 2 is 2.16 bits per heavy atom. The van der Waals surface area contributed by atoms with E-state index in [0.717, 1.165) is 6.08 Å². The second-order valence-electron chi connectivity index (χ2n) is 4.41. The number of carbonyl (C=O) groups is 2. The monoisotopic (exact) mass is 263 g/mol. The van der Waals surface area contributed by atoms with Crippen LogP contribution in [-0.4, -0.2) is 23.8 Å². The minimum Gasteiger partial charge on any atom is -0.478 e. The molecule has 0 unspecified atom stereocenters. The summed E-state index contributed by atoms with van der Waals surface area (Å²) in [4.78, 5) is 21.9. The van der Waals surface area contributed by atoms with E-state index in [4.69, 9.17) is 9.84 Å². The normalized spacial score (nSPS) is 10.7. The zero-order valence-electron chi connectivity index (χ0n) is 10.9. The number of ether oxygens (including phenoxy) is 1. The Labute approximate surface area is 111 Å². The number of anilines is 1. The van der Waals surface area contributed by atoms with Crippen LogP contribution in [0.5, 0.6) is 0 Å². The maximum absolute atomic E-state index is 11.4. The molecule has 5 nitrogen and oxygen atoms in total. The van der Waals surface area contributed by atoms with Crippen LogP contribution in [0.3, 0.4) is 0 Å². The number of amides is 1. The van der Waals surface area contributed by atoms with Gasteiger partial charge in [0.1, 0.15) is 0 Å². The number of nitrogens with one attached hydrogen (secondary N) is 1. The standard InChI is InChI=1S/C14H17NO4/c1-10(2)9-19-14(18)15-12-5-3-4-11(8-12)6-7-13(16)17/h3-8,10H,9H2,1-2H3,(H,15,18)(H,16,17). The Kier molecular flexibility index (Phi) is 5.60. The van der Waals surface area contributed by atoms with Crippen LogP contribution >= 0.6 is 0 Å². The lowest BCUT2D eigenvalue weighted by Crippen LogP contribution is -2.16. The Bertz CT molecular complexity index is 480. The number of benzene rings is 1. The van der Waals surface area contributed by atoms with E-state index in [1.165, 1.54) is 6.08 Å². The average Bonchev–Trinajstić information content (AvgIpc) is 2.34. The van der Waals surface area contributed by atoms with Gasteiger partial charge in [-0.05, 0) is 29.7 Å². The highest BCUT2D eigenvalue weighted by molar-refractivity contribution is 5.87. The van der Waals surface area contributed by atoms with E-state index in [1.807, 2.05) is 13.8 Å². The molecule has 0 aromatic heterocycles. The molecular weight excluding hydrogens is 246 g/mol. The third-order valence-corrected chi connectivity index (χ3v) is 2.10. The molecule has 0 saturated heterocycles. The van der Waals surface area contributed by atoms with Crippen molar-refractivity contribution < 1.29 is 19.4 Å². The summed E-state index contributed by atoms with van der Waals surface area (Å²) in [7, 11) is 0. The van der Waals surface area contributed by atoms with Gasteiger partial charge in [-0.25, -0.2) is 9.59 Å². The molecule has 1 aromatic rings. The lowest BCUT2D eigenvalue weighted by atomic mass is 10.2. The molecule has 5 heteroatoms. The number of carboxylic acids is 1. The number of rotatable bonds is 5. The van der Waals surface area contributed by atoms with E-state index in [1.54, 1.807) is 24.3 Å². The van der Waals surface area contributed by atoms with Crippen molar-refractivity contribution in [3.63, 3.8) is 0 Å². The van der Waals surface area contributed by atoms with Crippen LogP contribution in [0.15, 0.2) is 30.3 Å². The first-order valence-electron chi connectivity index (χ1n) is 5.92. The third kappa shape index (κ3) is 6.26. The van der Waals surface area contributed by atoms with E-state index in [-0.39, 0.29) is 5.92 Å². The van der Waals surface area contributed by atoms with Crippen LogP contribution in [0.4, 0.5) is 10.5 Å². The molecule has 1 aromatic carbocycles. The van der Waals surface area contributed by atoms with Gasteiger partial charge in [0.2, 0.25) is 0 Å². The molecule has 0 heterocycles. The van der Waals surface area contributed by atoms with Gasteiger partial charge in [0.15, 0.2) is 0 Å². The number of carboxylic acid groups (broad SMARTS) is 1. The molecule has 2 N–H and O–H groups in total. The second-order valence-corrected chi connectivity index (χ2v) is 4.41. The van der Waals surface area contributed by atoms with Gasteiger partial charge >= 0.3 is 12.1 Å². The second kappa shape index (κ2) is 7.20. The van der Waals surface area contributed by atoms with Gasteiger partial charge in [0.25, 0.3) is 0 Å². The van der Waals surface area contributed by atoms with E-state index in [0.29, 0.717) is 17.9 Å². The van der Waals surface area contributed by atoms with Crippen molar-refractivity contribution in [1.29, 1.82) is 0 Å². The zero-order chi connectivity index (χ0) is 14.3. The molecule has 0 fully saturated rings. The fraction of sp³-hybridized carbons (Fsp3) is 0.286. The predicted octanol–water partition coefficient (Wildman–Crippen LogP) is 2.99. The van der Waals surface area contributed by atoms with Crippen LogP contribution in [0.25, 0.3) is 6.08 Å². The maximum Gasteiger partial charge on any atom is 0.411 e. The first-order valence-corrected chi connectivity index (χ1v) is 5.92. The third-order valence-electron chi connectivity index (χ3n) is 2.10. The quantitative estimate of drug-likeness (QED) is 0.801. The summed E-state index contributed by atoms with van der Waals surface area (Å²) in [6, 6.07) is 6.83. The van der Waals surface area contributed by atoms with Crippen molar-refractivity contribution >= 4 is 23.8 Å². The van der Waals surface area contributed by atoms with E-state index >= 15 is 0 Å². The smallest absolute Gasteiger partial charge is 0.411 e. The van der Waals surface area contributed by atoms with Crippen molar-refractivity contribution in [2.24, 2.45) is 5.92 Å². The lowest BCUT2D eigenvalue weighted by molar-refractivity contribution is -0.131. The van der Waals surface area contributed by atoms with Gasteiger partial charge in [-0.3, -0.25) is 5.32 Å². The first kappa shape index (κ1) is 14.8. The van der Waals surface area contributed by atoms with E-state index < -0.39 is 12.1 Å². The van der Waals surface area contributed by atoms with Gasteiger partial charge in [-0.15, -0.1) is 0 Å². The minimum absolute atomic E-state index is 0.274. The zero-order valence-corrected chi connectivity index (χ0v) is 10.9. The Morgan fingerprint density at radius 3 is 2.79 bits per heavy atom. The molecule has 0 bridgehead atoms. The Hall–Kier alpha value is -2.30. The molecule has 1 rings (SSSR count). The van der Waals surface area contributed by atoms with Gasteiger partial charge < -0.3 is 9.84 Å². The van der Waals surface area contributed by atoms with E-state index in [9.17, 15) is 9.59 Å². The van der Waals surface area contributed by atoms with Crippen molar-refractivity contribution in [1.82, 2.24) is 0 Å². The molecule has 0 atom stereocenters. The number of aliphatic carboxylic acids is 1. The fourth-order valence-electron chi connectivity index (χ4n) is 1.28. The van der Waals surface area contributed by atoms with Crippen molar-refractivity contribution in [3.8, 4) is 0 Å². The van der Waals surface area contributed by atoms with Crippen LogP contribution in [0.1, 0.15) is 19.4 Å². The summed E-state index contributed by atoms with van der Waals surface area (Å²) in [5.41, 5.74) is 1.24. The number of hydrogen-bond acceptors (Lipinski definition) is 3. The Balaban J connectivity index is 2.61. The molecule has 0 aliphatic carbocycles. The van der Waals surface area contributed by atoms with Crippen LogP contribution < -0.4 is 5.32 Å². The molecule has 102 valence electrons. The largest absolute Gasteiger partial charge is 0.478 e. The van der Waals surface area contributed by atoms with Crippen LogP contribution in [-0.2, 0) is 9.53 Å². The maximum atomic E-state index is 11.4. The SMILES string of the molecule is CC(C)COC(=O)Nc1cccc(C=CC(=O)O)c1. The highest BCUT2D eigenvalue weighted by atomic mass is 16.5. The number of carbonyl (C=O) groups excluding carboxylic acids is 1. The summed E-state index contributed by atoms with van der Waals surface area (Å²) in [5, 5.41) is 11.1. The summed E-state index contributed by atoms with van der Waals surface area (Å²) in [6.07, 6.45) is 1.97. The molecule has 0 saturated carbocycles. The highest BCUT2D eigenvalue weighted by Crippen LogP contribution is 2.12. The molecule has 0 radical (unpaired) electrons. The predicted molar refractivity (Wildman–Crippen MR) is 72.9 cm³/mol. The minimum atomic E-state index is -1.02.